The van der Waals surface area contributed by atoms with E-state index in [0.29, 0.717) is 5.75 Å². The van der Waals surface area contributed by atoms with E-state index in [9.17, 15) is 5.11 Å². The Morgan fingerprint density at radius 3 is 2.71 bits per heavy atom. The van der Waals surface area contributed by atoms with Crippen LogP contribution in [0.15, 0.2) is 18.2 Å². The van der Waals surface area contributed by atoms with E-state index < -0.39 is 0 Å². The molecule has 0 atom stereocenters. The molecule has 0 heterocycles. The van der Waals surface area contributed by atoms with Crippen molar-refractivity contribution in [3.05, 3.63) is 29.3 Å². The minimum atomic E-state index is 0.464. The van der Waals surface area contributed by atoms with Crippen molar-refractivity contribution in [1.29, 1.82) is 0 Å². The molecule has 2 nitrogen and oxygen atoms in total. The predicted octanol–water partition coefficient (Wildman–Crippen LogP) is 3.32. The number of hydrogen-bond donors (Lipinski definition) is 1. The first-order valence-corrected chi connectivity index (χ1v) is 6.63. The lowest BCUT2D eigenvalue weighted by Gasteiger charge is -2.21. The quantitative estimate of drug-likeness (QED) is 0.862. The molecule has 0 aliphatic heterocycles. The van der Waals surface area contributed by atoms with Crippen molar-refractivity contribution in [3.63, 3.8) is 0 Å². The number of aromatic hydroxyl groups is 1. The molecule has 2 heteroatoms. The van der Waals surface area contributed by atoms with E-state index in [1.54, 1.807) is 0 Å². The third-order valence-corrected chi connectivity index (χ3v) is 3.81. The van der Waals surface area contributed by atoms with Gasteiger partial charge in [-0.3, -0.25) is 0 Å². The molecule has 0 bridgehead atoms. The lowest BCUT2D eigenvalue weighted by molar-refractivity contribution is 0.267. The molecule has 0 radical (unpaired) electrons. The van der Waals surface area contributed by atoms with Crippen molar-refractivity contribution < 1.29 is 5.11 Å². The zero-order valence-corrected chi connectivity index (χ0v) is 10.9. The van der Waals surface area contributed by atoms with Crippen molar-refractivity contribution in [2.45, 2.75) is 39.2 Å². The van der Waals surface area contributed by atoms with E-state index in [0.717, 1.165) is 30.1 Å². The molecule has 0 aromatic heterocycles. The van der Waals surface area contributed by atoms with Gasteiger partial charge in [-0.05, 0) is 38.3 Å². The zero-order valence-electron chi connectivity index (χ0n) is 10.9. The maximum Gasteiger partial charge on any atom is 0.122 e. The maximum absolute atomic E-state index is 9.98. The van der Waals surface area contributed by atoms with Gasteiger partial charge >= 0.3 is 0 Å². The van der Waals surface area contributed by atoms with Crippen molar-refractivity contribution in [3.8, 4) is 5.75 Å². The minimum Gasteiger partial charge on any atom is -0.507 e. The molecule has 17 heavy (non-hydrogen) atoms. The van der Waals surface area contributed by atoms with Crippen LogP contribution in [-0.2, 0) is 6.54 Å². The number of phenols is 1. The highest BCUT2D eigenvalue weighted by molar-refractivity contribution is 5.39. The Kier molecular flexibility index (Phi) is 4.06. The Morgan fingerprint density at radius 2 is 2.00 bits per heavy atom. The van der Waals surface area contributed by atoms with Gasteiger partial charge in [-0.15, -0.1) is 0 Å². The highest BCUT2D eigenvalue weighted by Gasteiger charge is 2.17. The number of aryl methyl sites for hydroxylation is 1. The van der Waals surface area contributed by atoms with Crippen LogP contribution in [0, 0.1) is 12.8 Å². The van der Waals surface area contributed by atoms with Gasteiger partial charge in [-0.25, -0.2) is 0 Å². The minimum absolute atomic E-state index is 0.464. The molecular weight excluding hydrogens is 210 g/mol. The van der Waals surface area contributed by atoms with E-state index in [1.807, 2.05) is 25.1 Å². The summed E-state index contributed by atoms with van der Waals surface area (Å²) in [5.41, 5.74) is 2.02. The summed E-state index contributed by atoms with van der Waals surface area (Å²) in [7, 11) is 2.15. The average Bonchev–Trinajstić information content (AvgIpc) is 2.77. The van der Waals surface area contributed by atoms with Gasteiger partial charge in [-0.2, -0.15) is 0 Å². The smallest absolute Gasteiger partial charge is 0.122 e. The molecule has 1 saturated carbocycles. The van der Waals surface area contributed by atoms with Crippen LogP contribution in [0.5, 0.6) is 5.75 Å². The average molecular weight is 233 g/mol. The van der Waals surface area contributed by atoms with E-state index in [2.05, 4.69) is 11.9 Å². The third-order valence-electron chi connectivity index (χ3n) is 3.81. The predicted molar refractivity (Wildman–Crippen MR) is 71.1 cm³/mol. The van der Waals surface area contributed by atoms with Gasteiger partial charge in [0.05, 0.1) is 0 Å². The van der Waals surface area contributed by atoms with Crippen molar-refractivity contribution in [2.24, 2.45) is 5.92 Å². The van der Waals surface area contributed by atoms with Crippen molar-refractivity contribution >= 4 is 0 Å². The fourth-order valence-corrected chi connectivity index (χ4v) is 2.84. The molecule has 2 rings (SSSR count). The summed E-state index contributed by atoms with van der Waals surface area (Å²) < 4.78 is 0. The highest BCUT2D eigenvalue weighted by atomic mass is 16.3. The second-order valence-corrected chi connectivity index (χ2v) is 5.43. The number of rotatable bonds is 4. The molecule has 1 aromatic carbocycles. The SMILES string of the molecule is Cc1cccc(CN(C)CC2CCCC2)c1O. The third kappa shape index (κ3) is 3.22. The summed E-state index contributed by atoms with van der Waals surface area (Å²) >= 11 is 0. The van der Waals surface area contributed by atoms with Crippen LogP contribution in [-0.4, -0.2) is 23.6 Å². The van der Waals surface area contributed by atoms with Gasteiger partial charge in [0.2, 0.25) is 0 Å². The summed E-state index contributed by atoms with van der Waals surface area (Å²) in [5.74, 6) is 1.33. The van der Waals surface area contributed by atoms with Crippen LogP contribution in [0.2, 0.25) is 0 Å². The number of nitrogens with zero attached hydrogens (tertiary/aromatic N) is 1. The summed E-state index contributed by atoms with van der Waals surface area (Å²) in [6, 6.07) is 6.00. The Balaban J connectivity index is 1.93. The van der Waals surface area contributed by atoms with Gasteiger partial charge in [0, 0.05) is 18.7 Å². The molecule has 0 spiro atoms. The molecule has 1 aliphatic rings. The Morgan fingerprint density at radius 1 is 1.29 bits per heavy atom. The molecule has 1 fully saturated rings. The van der Waals surface area contributed by atoms with Gasteiger partial charge < -0.3 is 10.0 Å². The number of hydrogen-bond acceptors (Lipinski definition) is 2. The topological polar surface area (TPSA) is 23.5 Å². The summed E-state index contributed by atoms with van der Waals surface area (Å²) in [4.78, 5) is 2.34. The van der Waals surface area contributed by atoms with Gasteiger partial charge in [0.1, 0.15) is 5.75 Å². The van der Waals surface area contributed by atoms with Crippen LogP contribution in [0.1, 0.15) is 36.8 Å². The molecule has 0 saturated heterocycles. The van der Waals surface area contributed by atoms with Gasteiger partial charge in [0.15, 0.2) is 0 Å². The van der Waals surface area contributed by atoms with E-state index in [-0.39, 0.29) is 0 Å². The Hall–Kier alpha value is -1.02. The van der Waals surface area contributed by atoms with Crippen LogP contribution in [0.25, 0.3) is 0 Å². The summed E-state index contributed by atoms with van der Waals surface area (Å²) in [6.45, 7) is 3.97. The second-order valence-electron chi connectivity index (χ2n) is 5.43. The largest absolute Gasteiger partial charge is 0.507 e. The van der Waals surface area contributed by atoms with Gasteiger partial charge in [0.25, 0.3) is 0 Å². The number of para-hydroxylation sites is 1. The number of phenolic OH excluding ortho intramolecular Hbond substituents is 1. The van der Waals surface area contributed by atoms with E-state index in [1.165, 1.54) is 25.7 Å². The normalized spacial score (nSPS) is 16.9. The van der Waals surface area contributed by atoms with Crippen LogP contribution in [0.4, 0.5) is 0 Å². The fraction of sp³-hybridized carbons (Fsp3) is 0.600. The van der Waals surface area contributed by atoms with E-state index >= 15 is 0 Å². The molecule has 1 N–H and O–H groups in total. The first kappa shape index (κ1) is 12.4. The summed E-state index contributed by atoms with van der Waals surface area (Å²) in [5, 5.41) is 9.98. The standard InChI is InChI=1S/C15H23NO/c1-12-6-5-9-14(15(12)17)11-16(2)10-13-7-3-4-8-13/h5-6,9,13,17H,3-4,7-8,10-11H2,1-2H3. The van der Waals surface area contributed by atoms with Crippen LogP contribution < -0.4 is 0 Å². The summed E-state index contributed by atoms with van der Waals surface area (Å²) in [6.07, 6.45) is 5.55. The molecule has 1 aliphatic carbocycles. The fourth-order valence-electron chi connectivity index (χ4n) is 2.84. The van der Waals surface area contributed by atoms with Crippen molar-refractivity contribution in [1.82, 2.24) is 4.90 Å². The number of benzene rings is 1. The van der Waals surface area contributed by atoms with Crippen molar-refractivity contribution in [2.75, 3.05) is 13.6 Å². The molecule has 94 valence electrons. The zero-order chi connectivity index (χ0) is 12.3. The lowest BCUT2D eigenvalue weighted by atomic mass is 10.1. The lowest BCUT2D eigenvalue weighted by Crippen LogP contribution is -2.24. The molecule has 0 unspecified atom stereocenters. The first-order valence-electron chi connectivity index (χ1n) is 6.63. The monoisotopic (exact) mass is 233 g/mol. The highest BCUT2D eigenvalue weighted by Crippen LogP contribution is 2.27. The first-order chi connectivity index (χ1) is 8.16. The molecule has 0 amide bonds. The Labute approximate surface area is 104 Å². The van der Waals surface area contributed by atoms with E-state index in [4.69, 9.17) is 0 Å². The Bertz CT molecular complexity index is 369. The molecular formula is C15H23NO. The van der Waals surface area contributed by atoms with Gasteiger partial charge in [-0.1, -0.05) is 31.0 Å². The van der Waals surface area contributed by atoms with Crippen LogP contribution >= 0.6 is 0 Å². The molecule has 1 aromatic rings. The maximum atomic E-state index is 9.98. The van der Waals surface area contributed by atoms with Crippen LogP contribution in [0.3, 0.4) is 0 Å². The second kappa shape index (κ2) is 5.54.